The molecule has 0 aliphatic carbocycles. The highest BCUT2D eigenvalue weighted by atomic mass is 16.5. The number of hydrogen-bond acceptors (Lipinski definition) is 5. The standard InChI is InChI=1S/C9H17NO4/c1-4(2)6-5(3-11)14-9(10)8(13)7(6)12/h4-8,10-13H,3H2,1-2H3/t5?,6-,7?,8?/m1/s1. The predicted octanol–water partition coefficient (Wildman–Crippen LogP) is -0.651. The van der Waals surface area contributed by atoms with Crippen molar-refractivity contribution in [2.45, 2.75) is 32.2 Å². The van der Waals surface area contributed by atoms with Crippen LogP contribution < -0.4 is 0 Å². The zero-order chi connectivity index (χ0) is 10.9. The molecule has 14 heavy (non-hydrogen) atoms. The lowest BCUT2D eigenvalue weighted by atomic mass is 9.81. The predicted molar refractivity (Wildman–Crippen MR) is 50.0 cm³/mol. The van der Waals surface area contributed by atoms with Crippen molar-refractivity contribution in [3.8, 4) is 0 Å². The summed E-state index contributed by atoms with van der Waals surface area (Å²) in [5.41, 5.74) is 0. The Hall–Kier alpha value is -0.650. The highest BCUT2D eigenvalue weighted by Crippen LogP contribution is 2.28. The molecule has 5 heteroatoms. The summed E-state index contributed by atoms with van der Waals surface area (Å²) in [6.07, 6.45) is -2.90. The van der Waals surface area contributed by atoms with E-state index in [1.165, 1.54) is 0 Å². The summed E-state index contributed by atoms with van der Waals surface area (Å²) >= 11 is 0. The second kappa shape index (κ2) is 4.25. The lowest BCUT2D eigenvalue weighted by molar-refractivity contribution is -0.102. The van der Waals surface area contributed by atoms with Crippen LogP contribution >= 0.6 is 0 Å². The van der Waals surface area contributed by atoms with Crippen molar-refractivity contribution in [1.29, 1.82) is 5.41 Å². The first-order chi connectivity index (χ1) is 6.49. The first kappa shape index (κ1) is 11.4. The quantitative estimate of drug-likeness (QED) is 0.479. The number of nitrogens with one attached hydrogen (secondary N) is 1. The van der Waals surface area contributed by atoms with E-state index in [-0.39, 0.29) is 24.3 Å². The maximum absolute atomic E-state index is 9.70. The van der Waals surface area contributed by atoms with E-state index in [9.17, 15) is 10.2 Å². The van der Waals surface area contributed by atoms with Crippen LogP contribution in [0.25, 0.3) is 0 Å². The van der Waals surface area contributed by atoms with Gasteiger partial charge in [-0.2, -0.15) is 0 Å². The summed E-state index contributed by atoms with van der Waals surface area (Å²) in [6.45, 7) is 3.50. The monoisotopic (exact) mass is 203 g/mol. The Morgan fingerprint density at radius 3 is 2.43 bits per heavy atom. The summed E-state index contributed by atoms with van der Waals surface area (Å²) in [7, 11) is 0. The molecular weight excluding hydrogens is 186 g/mol. The minimum Gasteiger partial charge on any atom is -0.473 e. The Kier molecular flexibility index (Phi) is 3.47. The average molecular weight is 203 g/mol. The van der Waals surface area contributed by atoms with E-state index >= 15 is 0 Å². The van der Waals surface area contributed by atoms with Crippen molar-refractivity contribution >= 4 is 5.90 Å². The summed E-state index contributed by atoms with van der Waals surface area (Å²) in [6, 6.07) is 0. The highest BCUT2D eigenvalue weighted by Gasteiger charge is 2.43. The van der Waals surface area contributed by atoms with Gasteiger partial charge in [-0.3, -0.25) is 5.41 Å². The third kappa shape index (κ3) is 1.89. The summed E-state index contributed by atoms with van der Waals surface area (Å²) in [4.78, 5) is 0. The zero-order valence-electron chi connectivity index (χ0n) is 8.34. The third-order valence-electron chi connectivity index (χ3n) is 2.64. The molecule has 0 spiro atoms. The Balaban J connectivity index is 2.83. The Bertz CT molecular complexity index is 217. The van der Waals surface area contributed by atoms with Crippen molar-refractivity contribution in [3.05, 3.63) is 0 Å². The van der Waals surface area contributed by atoms with Crippen LogP contribution in [0.4, 0.5) is 0 Å². The topological polar surface area (TPSA) is 93.8 Å². The van der Waals surface area contributed by atoms with E-state index in [4.69, 9.17) is 15.3 Å². The van der Waals surface area contributed by atoms with Gasteiger partial charge >= 0.3 is 0 Å². The van der Waals surface area contributed by atoms with Crippen LogP contribution in [0.1, 0.15) is 13.8 Å². The molecule has 0 amide bonds. The van der Waals surface area contributed by atoms with Gasteiger partial charge in [-0.1, -0.05) is 13.8 Å². The van der Waals surface area contributed by atoms with E-state index in [0.29, 0.717) is 0 Å². The Labute approximate surface area is 82.8 Å². The summed E-state index contributed by atoms with van der Waals surface area (Å²) in [5.74, 6) is -0.637. The van der Waals surface area contributed by atoms with Gasteiger partial charge in [0.2, 0.25) is 5.90 Å². The van der Waals surface area contributed by atoms with Gasteiger partial charge in [0.15, 0.2) is 6.10 Å². The van der Waals surface area contributed by atoms with Crippen LogP contribution in [-0.2, 0) is 4.74 Å². The number of aliphatic hydroxyl groups is 3. The molecule has 1 aliphatic rings. The van der Waals surface area contributed by atoms with Gasteiger partial charge in [-0.15, -0.1) is 0 Å². The zero-order valence-corrected chi connectivity index (χ0v) is 8.34. The van der Waals surface area contributed by atoms with Crippen molar-refractivity contribution in [3.63, 3.8) is 0 Å². The third-order valence-corrected chi connectivity index (χ3v) is 2.64. The van der Waals surface area contributed by atoms with Crippen molar-refractivity contribution in [1.82, 2.24) is 0 Å². The fourth-order valence-corrected chi connectivity index (χ4v) is 1.88. The Morgan fingerprint density at radius 2 is 2.00 bits per heavy atom. The molecule has 1 saturated heterocycles. The first-order valence-electron chi connectivity index (χ1n) is 4.71. The molecule has 0 aromatic carbocycles. The molecule has 0 aromatic heterocycles. The molecule has 5 nitrogen and oxygen atoms in total. The van der Waals surface area contributed by atoms with Crippen molar-refractivity contribution < 1.29 is 20.1 Å². The Morgan fingerprint density at radius 1 is 1.43 bits per heavy atom. The molecule has 0 bridgehead atoms. The average Bonchev–Trinajstić information content (AvgIpc) is 2.12. The number of rotatable bonds is 2. The van der Waals surface area contributed by atoms with E-state index < -0.39 is 18.3 Å². The molecule has 4 atom stereocenters. The van der Waals surface area contributed by atoms with E-state index in [2.05, 4.69) is 0 Å². The summed E-state index contributed by atoms with van der Waals surface area (Å²) in [5, 5.41) is 35.4. The largest absolute Gasteiger partial charge is 0.473 e. The number of hydrogen-bond donors (Lipinski definition) is 4. The van der Waals surface area contributed by atoms with E-state index in [1.807, 2.05) is 13.8 Å². The lowest BCUT2D eigenvalue weighted by Crippen LogP contribution is -2.54. The van der Waals surface area contributed by atoms with Crippen LogP contribution in [0, 0.1) is 17.2 Å². The second-order valence-electron chi connectivity index (χ2n) is 3.96. The summed E-state index contributed by atoms with van der Waals surface area (Å²) < 4.78 is 5.02. The van der Waals surface area contributed by atoms with E-state index in [1.54, 1.807) is 0 Å². The molecule has 1 fully saturated rings. The van der Waals surface area contributed by atoms with Gasteiger partial charge in [0, 0.05) is 5.92 Å². The van der Waals surface area contributed by atoms with Gasteiger partial charge in [-0.25, -0.2) is 0 Å². The molecule has 1 aliphatic heterocycles. The number of ether oxygens (including phenoxy) is 1. The maximum Gasteiger partial charge on any atom is 0.213 e. The van der Waals surface area contributed by atoms with Crippen LogP contribution in [0.3, 0.4) is 0 Å². The SMILES string of the molecule is CC(C)[C@@H]1C(CO)OC(=N)C(O)C1O. The molecule has 0 saturated carbocycles. The second-order valence-corrected chi connectivity index (χ2v) is 3.96. The van der Waals surface area contributed by atoms with Crippen molar-refractivity contribution in [2.24, 2.45) is 11.8 Å². The molecule has 1 heterocycles. The van der Waals surface area contributed by atoms with Gasteiger partial charge in [0.05, 0.1) is 12.7 Å². The highest BCUT2D eigenvalue weighted by molar-refractivity contribution is 5.79. The molecule has 0 radical (unpaired) electrons. The maximum atomic E-state index is 9.70. The van der Waals surface area contributed by atoms with Gasteiger partial charge < -0.3 is 20.1 Å². The lowest BCUT2D eigenvalue weighted by Gasteiger charge is -2.40. The van der Waals surface area contributed by atoms with Crippen LogP contribution in [0.15, 0.2) is 0 Å². The molecule has 1 rings (SSSR count). The first-order valence-corrected chi connectivity index (χ1v) is 4.71. The van der Waals surface area contributed by atoms with E-state index in [0.717, 1.165) is 0 Å². The molecule has 0 aromatic rings. The fourth-order valence-electron chi connectivity index (χ4n) is 1.88. The van der Waals surface area contributed by atoms with Crippen LogP contribution in [0.2, 0.25) is 0 Å². The normalized spacial score (nSPS) is 38.6. The van der Waals surface area contributed by atoms with Gasteiger partial charge in [0.1, 0.15) is 6.10 Å². The number of aliphatic hydroxyl groups excluding tert-OH is 3. The van der Waals surface area contributed by atoms with Gasteiger partial charge in [0.25, 0.3) is 0 Å². The fraction of sp³-hybridized carbons (Fsp3) is 0.889. The minimum atomic E-state index is -1.27. The van der Waals surface area contributed by atoms with Crippen molar-refractivity contribution in [2.75, 3.05) is 6.61 Å². The molecular formula is C9H17NO4. The van der Waals surface area contributed by atoms with Crippen LogP contribution in [0.5, 0.6) is 0 Å². The molecule has 82 valence electrons. The molecule has 3 unspecified atom stereocenters. The smallest absolute Gasteiger partial charge is 0.213 e. The van der Waals surface area contributed by atoms with Gasteiger partial charge in [-0.05, 0) is 5.92 Å². The molecule has 4 N–H and O–H groups in total. The van der Waals surface area contributed by atoms with Crippen LogP contribution in [-0.4, -0.2) is 46.1 Å². The minimum absolute atomic E-state index is 0.0740.